The zero-order valence-electron chi connectivity index (χ0n) is 18.1. The molecule has 2 fully saturated rings. The van der Waals surface area contributed by atoms with Gasteiger partial charge in [0.15, 0.2) is 0 Å². The van der Waals surface area contributed by atoms with Crippen LogP contribution in [0.2, 0.25) is 0 Å². The summed E-state index contributed by atoms with van der Waals surface area (Å²) >= 11 is 0. The topological polar surface area (TPSA) is 99.8 Å². The number of morpholine rings is 1. The number of ether oxygens (including phenoxy) is 1. The molecule has 2 aromatic rings. The number of carbonyl (C=O) groups excluding carboxylic acids is 1. The van der Waals surface area contributed by atoms with Crippen molar-refractivity contribution >= 4 is 26.8 Å². The molecular formula is C22H29N3O5S. The molecule has 1 saturated heterocycles. The van der Waals surface area contributed by atoms with E-state index in [1.807, 2.05) is 11.8 Å². The molecule has 1 amide bonds. The SMILES string of the molecule is CC(C)C(C)N(C(=O)c1cc(=O)[nH]c2ccc(S(=O)(=O)N3CCOCC3)cc12)C1CC1. The van der Waals surface area contributed by atoms with E-state index in [1.165, 1.54) is 22.5 Å². The van der Waals surface area contributed by atoms with Crippen LogP contribution in [0.4, 0.5) is 0 Å². The highest BCUT2D eigenvalue weighted by Crippen LogP contribution is 2.33. The zero-order valence-corrected chi connectivity index (χ0v) is 18.9. The van der Waals surface area contributed by atoms with Gasteiger partial charge in [0.2, 0.25) is 15.6 Å². The van der Waals surface area contributed by atoms with E-state index in [9.17, 15) is 18.0 Å². The van der Waals surface area contributed by atoms with Crippen molar-refractivity contribution in [3.05, 3.63) is 40.2 Å². The van der Waals surface area contributed by atoms with Crippen LogP contribution in [0.3, 0.4) is 0 Å². The molecule has 31 heavy (non-hydrogen) atoms. The lowest BCUT2D eigenvalue weighted by molar-refractivity contribution is 0.0629. The van der Waals surface area contributed by atoms with E-state index in [4.69, 9.17) is 4.74 Å². The van der Waals surface area contributed by atoms with Gasteiger partial charge in [-0.2, -0.15) is 4.31 Å². The van der Waals surface area contributed by atoms with Crippen molar-refractivity contribution in [1.82, 2.24) is 14.2 Å². The molecule has 9 heteroatoms. The number of benzene rings is 1. The van der Waals surface area contributed by atoms with Crippen molar-refractivity contribution in [2.45, 2.75) is 50.6 Å². The van der Waals surface area contributed by atoms with E-state index in [2.05, 4.69) is 18.8 Å². The number of sulfonamides is 1. The Labute approximate surface area is 182 Å². The number of carbonyl (C=O) groups is 1. The number of aromatic nitrogens is 1. The molecule has 2 aliphatic rings. The molecule has 1 atom stereocenters. The van der Waals surface area contributed by atoms with Gasteiger partial charge in [-0.1, -0.05) is 13.8 Å². The number of H-pyrrole nitrogens is 1. The molecular weight excluding hydrogens is 418 g/mol. The molecule has 2 heterocycles. The summed E-state index contributed by atoms with van der Waals surface area (Å²) in [5.41, 5.74) is 0.314. The second-order valence-electron chi connectivity index (χ2n) is 8.70. The van der Waals surface area contributed by atoms with Gasteiger partial charge >= 0.3 is 0 Å². The molecule has 8 nitrogen and oxygen atoms in total. The Morgan fingerprint density at radius 2 is 1.84 bits per heavy atom. The third-order valence-electron chi connectivity index (χ3n) is 6.23. The Bertz CT molecular complexity index is 1150. The predicted molar refractivity (Wildman–Crippen MR) is 118 cm³/mol. The van der Waals surface area contributed by atoms with Crippen LogP contribution >= 0.6 is 0 Å². The maximum absolute atomic E-state index is 13.6. The molecule has 4 rings (SSSR count). The fourth-order valence-electron chi connectivity index (χ4n) is 4.00. The summed E-state index contributed by atoms with van der Waals surface area (Å²) in [5, 5.41) is 0.445. The van der Waals surface area contributed by atoms with Crippen molar-refractivity contribution in [2.75, 3.05) is 26.3 Å². The number of aromatic amines is 1. The van der Waals surface area contributed by atoms with Crippen LogP contribution in [0, 0.1) is 5.92 Å². The quantitative estimate of drug-likeness (QED) is 0.732. The van der Waals surface area contributed by atoms with Crippen LogP contribution in [0.25, 0.3) is 10.9 Å². The smallest absolute Gasteiger partial charge is 0.255 e. The van der Waals surface area contributed by atoms with E-state index in [0.29, 0.717) is 37.2 Å². The van der Waals surface area contributed by atoms with Gasteiger partial charge in [-0.05, 0) is 43.9 Å². The van der Waals surface area contributed by atoms with E-state index in [0.717, 1.165) is 12.8 Å². The first-order valence-corrected chi connectivity index (χ1v) is 12.2. The van der Waals surface area contributed by atoms with Crippen LogP contribution in [-0.2, 0) is 14.8 Å². The number of fused-ring (bicyclic) bond motifs is 1. The average molecular weight is 448 g/mol. The Hall–Kier alpha value is -2.23. The van der Waals surface area contributed by atoms with Gasteiger partial charge in [-0.3, -0.25) is 9.59 Å². The lowest BCUT2D eigenvalue weighted by Crippen LogP contribution is -2.43. The molecule has 0 radical (unpaired) electrons. The maximum atomic E-state index is 13.6. The number of nitrogens with zero attached hydrogens (tertiary/aromatic N) is 2. The fourth-order valence-corrected chi connectivity index (χ4v) is 5.44. The Balaban J connectivity index is 1.81. The summed E-state index contributed by atoms with van der Waals surface area (Å²) in [5.74, 6) is 0.0378. The minimum absolute atomic E-state index is 0.00889. The molecule has 1 aromatic carbocycles. The lowest BCUT2D eigenvalue weighted by atomic mass is 10.0. The van der Waals surface area contributed by atoms with Crippen molar-refractivity contribution < 1.29 is 17.9 Å². The molecule has 1 aromatic heterocycles. The molecule has 1 N–H and O–H groups in total. The van der Waals surface area contributed by atoms with Gasteiger partial charge in [-0.25, -0.2) is 8.42 Å². The molecule has 0 spiro atoms. The standard InChI is InChI=1S/C22H29N3O5S/c1-14(2)15(3)25(16-4-5-16)22(27)19-13-21(26)23-20-7-6-17(12-18(19)20)31(28,29)24-8-10-30-11-9-24/h6-7,12-16H,4-5,8-11H2,1-3H3,(H,23,26). The molecule has 1 unspecified atom stereocenters. The van der Waals surface area contributed by atoms with Gasteiger partial charge in [0.25, 0.3) is 5.91 Å². The van der Waals surface area contributed by atoms with Gasteiger partial charge < -0.3 is 14.6 Å². The van der Waals surface area contributed by atoms with Crippen LogP contribution in [0.5, 0.6) is 0 Å². The van der Waals surface area contributed by atoms with Gasteiger partial charge in [0.05, 0.1) is 23.7 Å². The van der Waals surface area contributed by atoms with Gasteiger partial charge in [0, 0.05) is 42.1 Å². The summed E-state index contributed by atoms with van der Waals surface area (Å²) in [4.78, 5) is 30.6. The highest BCUT2D eigenvalue weighted by molar-refractivity contribution is 7.89. The Kier molecular flexibility index (Phi) is 5.93. The van der Waals surface area contributed by atoms with Crippen molar-refractivity contribution in [3.8, 4) is 0 Å². The summed E-state index contributed by atoms with van der Waals surface area (Å²) in [6.45, 7) is 7.44. The average Bonchev–Trinajstić information content (AvgIpc) is 3.58. The minimum Gasteiger partial charge on any atom is -0.379 e. The predicted octanol–water partition coefficient (Wildman–Crippen LogP) is 2.20. The van der Waals surface area contributed by atoms with Crippen LogP contribution < -0.4 is 5.56 Å². The van der Waals surface area contributed by atoms with Crippen molar-refractivity contribution in [1.29, 1.82) is 0 Å². The zero-order chi connectivity index (χ0) is 22.3. The number of nitrogens with one attached hydrogen (secondary N) is 1. The third kappa shape index (κ3) is 4.26. The lowest BCUT2D eigenvalue weighted by Gasteiger charge is -2.32. The van der Waals surface area contributed by atoms with Crippen LogP contribution in [0.15, 0.2) is 34.0 Å². The molecule has 1 aliphatic heterocycles. The number of amides is 1. The largest absolute Gasteiger partial charge is 0.379 e. The molecule has 1 aliphatic carbocycles. The van der Waals surface area contributed by atoms with Crippen LogP contribution in [-0.4, -0.2) is 66.9 Å². The normalized spacial score (nSPS) is 19.0. The minimum atomic E-state index is -3.72. The first-order chi connectivity index (χ1) is 14.7. The number of pyridine rings is 1. The van der Waals surface area contributed by atoms with Gasteiger partial charge in [0.1, 0.15) is 0 Å². The van der Waals surface area contributed by atoms with E-state index >= 15 is 0 Å². The second-order valence-corrected chi connectivity index (χ2v) is 10.6. The van der Waals surface area contributed by atoms with Gasteiger partial charge in [-0.15, -0.1) is 0 Å². The first kappa shape index (κ1) is 22.0. The molecule has 0 bridgehead atoms. The summed E-state index contributed by atoms with van der Waals surface area (Å²) in [6.07, 6.45) is 1.89. The number of hydrogen-bond donors (Lipinski definition) is 1. The van der Waals surface area contributed by atoms with Crippen LogP contribution in [0.1, 0.15) is 44.0 Å². The van der Waals surface area contributed by atoms with E-state index in [-0.39, 0.29) is 39.9 Å². The van der Waals surface area contributed by atoms with E-state index in [1.54, 1.807) is 6.07 Å². The molecule has 168 valence electrons. The summed E-state index contributed by atoms with van der Waals surface area (Å²) in [7, 11) is -3.72. The number of rotatable bonds is 6. The monoisotopic (exact) mass is 447 g/mol. The Morgan fingerprint density at radius 1 is 1.16 bits per heavy atom. The van der Waals surface area contributed by atoms with E-state index < -0.39 is 10.0 Å². The molecule has 1 saturated carbocycles. The number of hydrogen-bond acceptors (Lipinski definition) is 5. The Morgan fingerprint density at radius 3 is 2.45 bits per heavy atom. The summed E-state index contributed by atoms with van der Waals surface area (Å²) < 4.78 is 32.9. The summed E-state index contributed by atoms with van der Waals surface area (Å²) in [6, 6.07) is 6.02. The first-order valence-electron chi connectivity index (χ1n) is 10.8. The highest BCUT2D eigenvalue weighted by atomic mass is 32.2. The maximum Gasteiger partial charge on any atom is 0.255 e. The second kappa shape index (κ2) is 8.37. The fraction of sp³-hybridized carbons (Fsp3) is 0.545. The van der Waals surface area contributed by atoms with Crippen molar-refractivity contribution in [3.63, 3.8) is 0 Å². The van der Waals surface area contributed by atoms with Crippen molar-refractivity contribution in [2.24, 2.45) is 5.92 Å². The highest BCUT2D eigenvalue weighted by Gasteiger charge is 2.38. The third-order valence-corrected chi connectivity index (χ3v) is 8.13.